The van der Waals surface area contributed by atoms with Crippen LogP contribution < -0.4 is 10.6 Å². The third-order valence-corrected chi connectivity index (χ3v) is 3.54. The van der Waals surface area contributed by atoms with E-state index >= 15 is 0 Å². The maximum Gasteiger partial charge on any atom is 0.251 e. The number of nitrogens with one attached hydrogen (secondary N) is 2. The van der Waals surface area contributed by atoms with Crippen LogP contribution in [0.3, 0.4) is 0 Å². The van der Waals surface area contributed by atoms with E-state index in [1.165, 1.54) is 0 Å². The summed E-state index contributed by atoms with van der Waals surface area (Å²) in [6.45, 7) is 7.45. The van der Waals surface area contributed by atoms with E-state index < -0.39 is 5.60 Å². The Morgan fingerprint density at radius 1 is 1.29 bits per heavy atom. The number of amides is 1. The van der Waals surface area contributed by atoms with Crippen molar-refractivity contribution in [3.63, 3.8) is 0 Å². The largest absolute Gasteiger partial charge is 0.389 e. The van der Waals surface area contributed by atoms with Gasteiger partial charge in [0.2, 0.25) is 0 Å². The molecule has 4 heteroatoms. The van der Waals surface area contributed by atoms with E-state index in [2.05, 4.69) is 24.5 Å². The highest BCUT2D eigenvalue weighted by molar-refractivity contribution is 5.93. The van der Waals surface area contributed by atoms with E-state index in [0.29, 0.717) is 24.6 Å². The summed E-state index contributed by atoms with van der Waals surface area (Å²) in [7, 11) is 1.62. The van der Waals surface area contributed by atoms with Crippen molar-refractivity contribution < 1.29 is 9.90 Å². The first-order chi connectivity index (χ1) is 9.84. The number of hydrogen-bond acceptors (Lipinski definition) is 3. The van der Waals surface area contributed by atoms with E-state index in [4.69, 9.17) is 0 Å². The molecular formula is C17H28N2O2. The van der Waals surface area contributed by atoms with Crippen molar-refractivity contribution >= 4 is 5.91 Å². The molecule has 118 valence electrons. The van der Waals surface area contributed by atoms with Gasteiger partial charge in [0.05, 0.1) is 5.60 Å². The van der Waals surface area contributed by atoms with Crippen molar-refractivity contribution in [3.05, 3.63) is 35.4 Å². The maximum absolute atomic E-state index is 11.4. The molecule has 0 bridgehead atoms. The Bertz CT molecular complexity index is 439. The van der Waals surface area contributed by atoms with Gasteiger partial charge in [0, 0.05) is 25.7 Å². The molecule has 1 amide bonds. The Balaban J connectivity index is 2.40. The van der Waals surface area contributed by atoms with Gasteiger partial charge in [-0.3, -0.25) is 4.79 Å². The molecule has 1 rings (SSSR count). The highest BCUT2D eigenvalue weighted by Crippen LogP contribution is 2.15. The molecule has 0 saturated carbocycles. The molecule has 0 radical (unpaired) electrons. The van der Waals surface area contributed by atoms with Gasteiger partial charge in [0.25, 0.3) is 5.91 Å². The zero-order valence-corrected chi connectivity index (χ0v) is 13.6. The van der Waals surface area contributed by atoms with Crippen LogP contribution >= 0.6 is 0 Å². The molecule has 0 aliphatic rings. The monoisotopic (exact) mass is 292 g/mol. The summed E-state index contributed by atoms with van der Waals surface area (Å²) in [5, 5.41) is 16.2. The first-order valence-electron chi connectivity index (χ1n) is 7.58. The molecule has 0 saturated heterocycles. The van der Waals surface area contributed by atoms with Crippen molar-refractivity contribution in [2.45, 2.75) is 45.8 Å². The van der Waals surface area contributed by atoms with E-state index in [-0.39, 0.29) is 5.91 Å². The standard InChI is InChI=1S/C17H28N2O2/c1-13(2)9-10-17(3,21)12-19-11-14-5-7-15(8-6-14)16(20)18-4/h5-8,13,19,21H,9-12H2,1-4H3,(H,18,20). The van der Waals surface area contributed by atoms with Crippen LogP contribution in [-0.2, 0) is 6.54 Å². The minimum atomic E-state index is -0.674. The number of benzene rings is 1. The van der Waals surface area contributed by atoms with E-state index in [1.807, 2.05) is 31.2 Å². The van der Waals surface area contributed by atoms with E-state index in [9.17, 15) is 9.90 Å². The second kappa shape index (κ2) is 8.15. The lowest BCUT2D eigenvalue weighted by Crippen LogP contribution is -2.37. The van der Waals surface area contributed by atoms with Gasteiger partial charge in [0.15, 0.2) is 0 Å². The average Bonchev–Trinajstić information content (AvgIpc) is 2.45. The third kappa shape index (κ3) is 6.74. The first kappa shape index (κ1) is 17.7. The average molecular weight is 292 g/mol. The molecule has 0 aromatic heterocycles. The number of carbonyl (C=O) groups excluding carboxylic acids is 1. The molecule has 0 aliphatic carbocycles. The summed E-state index contributed by atoms with van der Waals surface area (Å²) in [5.41, 5.74) is 1.08. The Kier molecular flexibility index (Phi) is 6.85. The summed E-state index contributed by atoms with van der Waals surface area (Å²) in [4.78, 5) is 11.4. The first-order valence-corrected chi connectivity index (χ1v) is 7.58. The Morgan fingerprint density at radius 3 is 2.43 bits per heavy atom. The molecule has 0 fully saturated rings. The molecule has 4 nitrogen and oxygen atoms in total. The number of aliphatic hydroxyl groups is 1. The highest BCUT2D eigenvalue weighted by atomic mass is 16.3. The third-order valence-electron chi connectivity index (χ3n) is 3.54. The van der Waals surface area contributed by atoms with E-state index in [0.717, 1.165) is 18.4 Å². The normalized spacial score (nSPS) is 14.0. The number of rotatable bonds is 8. The summed E-state index contributed by atoms with van der Waals surface area (Å²) >= 11 is 0. The lowest BCUT2D eigenvalue weighted by Gasteiger charge is -2.24. The maximum atomic E-state index is 11.4. The van der Waals surface area contributed by atoms with Crippen molar-refractivity contribution in [3.8, 4) is 0 Å². The van der Waals surface area contributed by atoms with Crippen LogP contribution in [-0.4, -0.2) is 30.2 Å². The number of hydrogen-bond donors (Lipinski definition) is 3. The second-order valence-corrected chi connectivity index (χ2v) is 6.31. The molecule has 3 N–H and O–H groups in total. The Morgan fingerprint density at radius 2 is 1.90 bits per heavy atom. The van der Waals surface area contributed by atoms with Crippen LogP contribution in [0.15, 0.2) is 24.3 Å². The van der Waals surface area contributed by atoms with Crippen LogP contribution in [0.4, 0.5) is 0 Å². The van der Waals surface area contributed by atoms with Gasteiger partial charge in [-0.25, -0.2) is 0 Å². The van der Waals surface area contributed by atoms with Crippen LogP contribution in [0.1, 0.15) is 49.5 Å². The van der Waals surface area contributed by atoms with Gasteiger partial charge >= 0.3 is 0 Å². The molecule has 1 unspecified atom stereocenters. The van der Waals surface area contributed by atoms with Gasteiger partial charge in [-0.15, -0.1) is 0 Å². The van der Waals surface area contributed by atoms with E-state index in [1.54, 1.807) is 7.05 Å². The van der Waals surface area contributed by atoms with Crippen LogP contribution in [0.5, 0.6) is 0 Å². The van der Waals surface area contributed by atoms with Crippen LogP contribution in [0, 0.1) is 5.92 Å². The lowest BCUT2D eigenvalue weighted by atomic mass is 9.95. The Hall–Kier alpha value is -1.39. The van der Waals surface area contributed by atoms with Crippen molar-refractivity contribution in [1.82, 2.24) is 10.6 Å². The Labute approximate surface area is 128 Å². The van der Waals surface area contributed by atoms with Gasteiger partial charge in [-0.05, 0) is 43.4 Å². The minimum absolute atomic E-state index is 0.0777. The minimum Gasteiger partial charge on any atom is -0.389 e. The van der Waals surface area contributed by atoms with Crippen LogP contribution in [0.2, 0.25) is 0 Å². The van der Waals surface area contributed by atoms with Crippen molar-refractivity contribution in [2.75, 3.05) is 13.6 Å². The SMILES string of the molecule is CNC(=O)c1ccc(CNCC(C)(O)CCC(C)C)cc1. The molecule has 21 heavy (non-hydrogen) atoms. The predicted molar refractivity (Wildman–Crippen MR) is 86.2 cm³/mol. The lowest BCUT2D eigenvalue weighted by molar-refractivity contribution is 0.0451. The van der Waals surface area contributed by atoms with Crippen molar-refractivity contribution in [2.24, 2.45) is 5.92 Å². The van der Waals surface area contributed by atoms with Gasteiger partial charge in [-0.1, -0.05) is 26.0 Å². The van der Waals surface area contributed by atoms with Gasteiger partial charge < -0.3 is 15.7 Å². The predicted octanol–water partition coefficient (Wildman–Crippen LogP) is 2.32. The molecule has 1 atom stereocenters. The summed E-state index contributed by atoms with van der Waals surface area (Å²) in [5.74, 6) is 0.528. The zero-order chi connectivity index (χ0) is 15.9. The summed E-state index contributed by atoms with van der Waals surface area (Å²) in [6, 6.07) is 7.49. The van der Waals surface area contributed by atoms with Gasteiger partial charge in [-0.2, -0.15) is 0 Å². The molecule has 0 heterocycles. The van der Waals surface area contributed by atoms with Gasteiger partial charge in [0.1, 0.15) is 0 Å². The molecule has 1 aromatic rings. The number of carbonyl (C=O) groups is 1. The zero-order valence-electron chi connectivity index (χ0n) is 13.6. The highest BCUT2D eigenvalue weighted by Gasteiger charge is 2.19. The topological polar surface area (TPSA) is 61.4 Å². The summed E-state index contributed by atoms with van der Waals surface area (Å²) < 4.78 is 0. The second-order valence-electron chi connectivity index (χ2n) is 6.31. The fourth-order valence-corrected chi connectivity index (χ4v) is 2.08. The fourth-order valence-electron chi connectivity index (χ4n) is 2.08. The van der Waals surface area contributed by atoms with Crippen LogP contribution in [0.25, 0.3) is 0 Å². The quantitative estimate of drug-likeness (QED) is 0.689. The van der Waals surface area contributed by atoms with Crippen molar-refractivity contribution in [1.29, 1.82) is 0 Å². The molecule has 0 aliphatic heterocycles. The molecular weight excluding hydrogens is 264 g/mol. The fraction of sp³-hybridized carbons (Fsp3) is 0.588. The molecule has 0 spiro atoms. The summed E-state index contributed by atoms with van der Waals surface area (Å²) in [6.07, 6.45) is 1.82. The molecule has 1 aromatic carbocycles. The smallest absolute Gasteiger partial charge is 0.251 e.